The molecule has 1 heterocycles. The third-order valence-corrected chi connectivity index (χ3v) is 5.43. The van der Waals surface area contributed by atoms with Crippen molar-refractivity contribution < 1.29 is 13.9 Å². The number of carbonyl (C=O) groups is 1. The maximum Gasteiger partial charge on any atom is 0.224 e. The first kappa shape index (κ1) is 24.0. The zero-order valence-electron chi connectivity index (χ0n) is 15.5. The molecule has 1 aromatic carbocycles. The van der Waals surface area contributed by atoms with Crippen LogP contribution in [-0.4, -0.2) is 38.8 Å². The molecular formula is C19H30Cl2FN3O2. The summed E-state index contributed by atoms with van der Waals surface area (Å²) in [6, 6.07) is 4.71. The first-order chi connectivity index (χ1) is 12.1. The number of ether oxygens (including phenoxy) is 1. The third kappa shape index (κ3) is 6.49. The van der Waals surface area contributed by atoms with Crippen molar-refractivity contribution in [1.82, 2.24) is 0 Å². The van der Waals surface area contributed by atoms with Gasteiger partial charge in [0, 0.05) is 30.9 Å². The molecule has 2 aliphatic rings. The Hall–Kier alpha value is -1.08. The predicted octanol–water partition coefficient (Wildman–Crippen LogP) is 3.74. The highest BCUT2D eigenvalue weighted by atomic mass is 35.5. The molecule has 1 aliphatic heterocycles. The number of anilines is 2. The fourth-order valence-corrected chi connectivity index (χ4v) is 3.95. The number of hydrogen-bond acceptors (Lipinski definition) is 4. The molecule has 0 spiro atoms. The van der Waals surface area contributed by atoms with Crippen LogP contribution in [0.3, 0.4) is 0 Å². The summed E-state index contributed by atoms with van der Waals surface area (Å²) in [5.74, 6) is -0.420. The van der Waals surface area contributed by atoms with E-state index in [1.165, 1.54) is 18.6 Å². The molecule has 154 valence electrons. The first-order valence-corrected chi connectivity index (χ1v) is 9.23. The monoisotopic (exact) mass is 421 g/mol. The number of halogens is 3. The van der Waals surface area contributed by atoms with Crippen molar-refractivity contribution in [1.29, 1.82) is 0 Å². The molecule has 0 atom stereocenters. The summed E-state index contributed by atoms with van der Waals surface area (Å²) in [6.45, 7) is 3.26. The summed E-state index contributed by atoms with van der Waals surface area (Å²) < 4.78 is 19.3. The number of rotatable bonds is 5. The van der Waals surface area contributed by atoms with E-state index in [1.807, 2.05) is 6.07 Å². The van der Waals surface area contributed by atoms with Crippen LogP contribution >= 0.6 is 24.8 Å². The molecule has 0 unspecified atom stereocenters. The van der Waals surface area contributed by atoms with Crippen molar-refractivity contribution in [3.63, 3.8) is 0 Å². The minimum absolute atomic E-state index is 0. The van der Waals surface area contributed by atoms with Gasteiger partial charge in [0.05, 0.1) is 13.2 Å². The van der Waals surface area contributed by atoms with E-state index in [9.17, 15) is 9.18 Å². The van der Waals surface area contributed by atoms with Gasteiger partial charge in [0.15, 0.2) is 0 Å². The standard InChI is InChI=1S/C19H28FN3O2.2ClH/c20-15-10-16(12-17(11-15)23-6-8-25-9-7-23)22-18(24)13-19(14-21)4-2-1-3-5-19;;/h10-12H,1-9,13-14,21H2,(H,22,24);2*1H. The lowest BCUT2D eigenvalue weighted by atomic mass is 9.71. The highest BCUT2D eigenvalue weighted by Crippen LogP contribution is 2.38. The van der Waals surface area contributed by atoms with Gasteiger partial charge in [-0.25, -0.2) is 4.39 Å². The molecule has 1 aromatic rings. The largest absolute Gasteiger partial charge is 0.378 e. The van der Waals surface area contributed by atoms with E-state index < -0.39 is 0 Å². The molecule has 27 heavy (non-hydrogen) atoms. The highest BCUT2D eigenvalue weighted by Gasteiger charge is 2.33. The van der Waals surface area contributed by atoms with Crippen molar-refractivity contribution in [3.05, 3.63) is 24.0 Å². The molecule has 1 amide bonds. The molecule has 0 bridgehead atoms. The molecule has 1 aliphatic carbocycles. The Kier molecular flexibility index (Phi) is 9.81. The summed E-state index contributed by atoms with van der Waals surface area (Å²) in [5.41, 5.74) is 7.16. The maximum atomic E-state index is 14.0. The molecular weight excluding hydrogens is 392 g/mol. The van der Waals surface area contributed by atoms with E-state index in [1.54, 1.807) is 0 Å². The van der Waals surface area contributed by atoms with Crippen LogP contribution in [0.15, 0.2) is 18.2 Å². The average molecular weight is 422 g/mol. The van der Waals surface area contributed by atoms with Crippen LogP contribution in [0, 0.1) is 11.2 Å². The second-order valence-electron chi connectivity index (χ2n) is 7.29. The Morgan fingerprint density at radius 2 is 1.81 bits per heavy atom. The van der Waals surface area contributed by atoms with E-state index in [4.69, 9.17) is 10.5 Å². The number of nitrogens with zero attached hydrogens (tertiary/aromatic N) is 1. The van der Waals surface area contributed by atoms with Gasteiger partial charge in [-0.05, 0) is 43.0 Å². The summed E-state index contributed by atoms with van der Waals surface area (Å²) >= 11 is 0. The third-order valence-electron chi connectivity index (χ3n) is 5.43. The number of nitrogens with two attached hydrogens (primary N) is 1. The van der Waals surface area contributed by atoms with Crippen LogP contribution in [0.2, 0.25) is 0 Å². The minimum Gasteiger partial charge on any atom is -0.378 e. The normalized spacial score (nSPS) is 18.8. The Bertz CT molecular complexity index is 607. The lowest BCUT2D eigenvalue weighted by molar-refractivity contribution is -0.118. The summed E-state index contributed by atoms with van der Waals surface area (Å²) in [4.78, 5) is 14.6. The molecule has 1 saturated carbocycles. The van der Waals surface area contributed by atoms with Gasteiger partial charge in [-0.2, -0.15) is 0 Å². The zero-order chi connectivity index (χ0) is 17.7. The number of hydrogen-bond donors (Lipinski definition) is 2. The summed E-state index contributed by atoms with van der Waals surface area (Å²) in [5, 5.41) is 2.88. The van der Waals surface area contributed by atoms with E-state index in [0.29, 0.717) is 31.9 Å². The summed E-state index contributed by atoms with van der Waals surface area (Å²) in [6.07, 6.45) is 5.89. The van der Waals surface area contributed by atoms with Crippen molar-refractivity contribution in [3.8, 4) is 0 Å². The molecule has 2 fully saturated rings. The number of morpholine rings is 1. The SMILES string of the molecule is Cl.Cl.NCC1(CC(=O)Nc2cc(F)cc(N3CCOCC3)c2)CCCCC1. The van der Waals surface area contributed by atoms with Crippen LogP contribution in [0.5, 0.6) is 0 Å². The van der Waals surface area contributed by atoms with Gasteiger partial charge >= 0.3 is 0 Å². The van der Waals surface area contributed by atoms with Gasteiger partial charge in [0.25, 0.3) is 0 Å². The fraction of sp³-hybridized carbons (Fsp3) is 0.632. The van der Waals surface area contributed by atoms with Crippen LogP contribution in [0.25, 0.3) is 0 Å². The van der Waals surface area contributed by atoms with Crippen molar-refractivity contribution in [2.24, 2.45) is 11.1 Å². The molecule has 8 heteroatoms. The Balaban J connectivity index is 0.00000182. The van der Waals surface area contributed by atoms with Gasteiger partial charge in [-0.3, -0.25) is 4.79 Å². The molecule has 1 saturated heterocycles. The van der Waals surface area contributed by atoms with Crippen LogP contribution in [-0.2, 0) is 9.53 Å². The smallest absolute Gasteiger partial charge is 0.224 e. The number of carbonyl (C=O) groups excluding carboxylic acids is 1. The second kappa shape index (κ2) is 11.1. The first-order valence-electron chi connectivity index (χ1n) is 9.23. The van der Waals surface area contributed by atoms with Crippen LogP contribution in [0.4, 0.5) is 15.8 Å². The molecule has 3 N–H and O–H groups in total. The predicted molar refractivity (Wildman–Crippen MR) is 112 cm³/mol. The van der Waals surface area contributed by atoms with Crippen molar-refractivity contribution in [2.75, 3.05) is 43.1 Å². The average Bonchev–Trinajstić information content (AvgIpc) is 2.62. The highest BCUT2D eigenvalue weighted by molar-refractivity contribution is 5.91. The maximum absolute atomic E-state index is 14.0. The lowest BCUT2D eigenvalue weighted by Crippen LogP contribution is -2.37. The Labute approximate surface area is 173 Å². The number of amides is 1. The van der Waals surface area contributed by atoms with E-state index >= 15 is 0 Å². The lowest BCUT2D eigenvalue weighted by Gasteiger charge is -2.35. The molecule has 5 nitrogen and oxygen atoms in total. The number of nitrogens with one attached hydrogen (secondary N) is 1. The van der Waals surface area contributed by atoms with Crippen LogP contribution < -0.4 is 16.0 Å². The van der Waals surface area contributed by atoms with Gasteiger partial charge in [-0.1, -0.05) is 19.3 Å². The number of benzene rings is 1. The van der Waals surface area contributed by atoms with Gasteiger partial charge in [-0.15, -0.1) is 24.8 Å². The molecule has 0 aromatic heterocycles. The van der Waals surface area contributed by atoms with E-state index in [-0.39, 0.29) is 42.0 Å². The zero-order valence-corrected chi connectivity index (χ0v) is 17.2. The van der Waals surface area contributed by atoms with Gasteiger partial charge < -0.3 is 20.7 Å². The molecule has 0 radical (unpaired) electrons. The topological polar surface area (TPSA) is 67.6 Å². The minimum atomic E-state index is -0.342. The Morgan fingerprint density at radius 3 is 2.44 bits per heavy atom. The van der Waals surface area contributed by atoms with E-state index in [2.05, 4.69) is 10.2 Å². The second-order valence-corrected chi connectivity index (χ2v) is 7.29. The van der Waals surface area contributed by atoms with Crippen molar-refractivity contribution >= 4 is 42.1 Å². The fourth-order valence-electron chi connectivity index (χ4n) is 3.95. The van der Waals surface area contributed by atoms with Crippen molar-refractivity contribution in [2.45, 2.75) is 38.5 Å². The Morgan fingerprint density at radius 1 is 1.15 bits per heavy atom. The molecule has 3 rings (SSSR count). The summed E-state index contributed by atoms with van der Waals surface area (Å²) in [7, 11) is 0. The quantitative estimate of drug-likeness (QED) is 0.759. The van der Waals surface area contributed by atoms with Gasteiger partial charge in [0.1, 0.15) is 5.82 Å². The van der Waals surface area contributed by atoms with Gasteiger partial charge in [0.2, 0.25) is 5.91 Å². The van der Waals surface area contributed by atoms with E-state index in [0.717, 1.165) is 44.5 Å². The van der Waals surface area contributed by atoms with Crippen LogP contribution in [0.1, 0.15) is 38.5 Å².